The predicted molar refractivity (Wildman–Crippen MR) is 48.1 cm³/mol. The molecule has 3 amide bonds. The first-order chi connectivity index (χ1) is 6.18. The third-order valence-corrected chi connectivity index (χ3v) is 1.69. The molecule has 0 aliphatic rings. The highest BCUT2D eigenvalue weighted by atomic mass is 32.1. The zero-order valence-electron chi connectivity index (χ0n) is 6.83. The number of hydrogen-bond donors (Lipinski definition) is 3. The summed E-state index contributed by atoms with van der Waals surface area (Å²) < 4.78 is 0. The Morgan fingerprint density at radius 3 is 2.77 bits per heavy atom. The third kappa shape index (κ3) is 3.52. The molecule has 0 aromatic carbocycles. The molecule has 0 aliphatic heterocycles. The Morgan fingerprint density at radius 1 is 1.46 bits per heavy atom. The summed E-state index contributed by atoms with van der Waals surface area (Å²) in [5.74, 6) is -0.339. The Bertz CT molecular complexity index is 298. The van der Waals surface area contributed by atoms with Gasteiger partial charge in [0.25, 0.3) is 0 Å². The number of carbonyl (C=O) groups is 2. The molecule has 0 aliphatic carbocycles. The molecule has 0 unspecified atom stereocenters. The highest BCUT2D eigenvalue weighted by molar-refractivity contribution is 7.13. The lowest BCUT2D eigenvalue weighted by Crippen LogP contribution is -2.42. The van der Waals surface area contributed by atoms with Gasteiger partial charge in [-0.25, -0.2) is 15.2 Å². The second-order valence-electron chi connectivity index (χ2n) is 2.10. The molecule has 0 fully saturated rings. The maximum atomic E-state index is 10.9. The number of hydrogen-bond acceptors (Lipinski definition) is 4. The number of urea groups is 1. The van der Waals surface area contributed by atoms with Gasteiger partial charge in [-0.05, 0) is 0 Å². The smallest absolute Gasteiger partial charge is 0.282 e. The molecular formula is C6H8N4O2S. The van der Waals surface area contributed by atoms with Crippen molar-refractivity contribution in [3.8, 4) is 0 Å². The molecule has 0 radical (unpaired) electrons. The van der Waals surface area contributed by atoms with Crippen LogP contribution in [-0.4, -0.2) is 16.9 Å². The third-order valence-electron chi connectivity index (χ3n) is 1.00. The summed E-state index contributed by atoms with van der Waals surface area (Å²) >= 11 is 1.29. The van der Waals surface area contributed by atoms with Gasteiger partial charge < -0.3 is 0 Å². The summed E-state index contributed by atoms with van der Waals surface area (Å²) in [7, 11) is 0. The second kappa shape index (κ2) is 4.41. The number of hydrazine groups is 1. The lowest BCUT2D eigenvalue weighted by molar-refractivity contribution is -0.119. The number of nitrogens with one attached hydrogen (secondary N) is 3. The minimum Gasteiger partial charge on any atom is -0.282 e. The predicted octanol–water partition coefficient (Wildman–Crippen LogP) is 0.316. The van der Waals surface area contributed by atoms with Crippen molar-refractivity contribution in [2.75, 3.05) is 5.32 Å². The number of amides is 3. The maximum absolute atomic E-state index is 10.9. The highest BCUT2D eigenvalue weighted by Crippen LogP contribution is 2.09. The van der Waals surface area contributed by atoms with Gasteiger partial charge in [-0.1, -0.05) is 0 Å². The number of rotatable bonds is 1. The molecule has 0 saturated heterocycles. The van der Waals surface area contributed by atoms with Gasteiger partial charge in [0, 0.05) is 18.5 Å². The van der Waals surface area contributed by atoms with Crippen LogP contribution in [0.4, 0.5) is 9.93 Å². The van der Waals surface area contributed by atoms with Crippen LogP contribution in [0.2, 0.25) is 0 Å². The van der Waals surface area contributed by atoms with Gasteiger partial charge in [0.2, 0.25) is 5.91 Å². The first-order valence-electron chi connectivity index (χ1n) is 3.41. The van der Waals surface area contributed by atoms with E-state index in [1.807, 2.05) is 0 Å². The molecule has 1 aromatic rings. The normalized spacial score (nSPS) is 9.00. The van der Waals surface area contributed by atoms with Crippen molar-refractivity contribution in [1.82, 2.24) is 15.8 Å². The number of carbonyl (C=O) groups excluding carboxylic acids is 2. The molecular weight excluding hydrogens is 192 g/mol. The topological polar surface area (TPSA) is 83.1 Å². The van der Waals surface area contributed by atoms with Crippen LogP contribution < -0.4 is 16.2 Å². The second-order valence-corrected chi connectivity index (χ2v) is 2.99. The lowest BCUT2D eigenvalue weighted by Gasteiger charge is -2.03. The van der Waals surface area contributed by atoms with Crippen LogP contribution >= 0.6 is 11.3 Å². The van der Waals surface area contributed by atoms with E-state index in [2.05, 4.69) is 21.2 Å². The van der Waals surface area contributed by atoms with E-state index >= 15 is 0 Å². The van der Waals surface area contributed by atoms with Crippen molar-refractivity contribution < 1.29 is 9.59 Å². The van der Waals surface area contributed by atoms with Gasteiger partial charge in [-0.3, -0.25) is 15.5 Å². The Balaban J connectivity index is 2.30. The summed E-state index contributed by atoms with van der Waals surface area (Å²) in [5.41, 5.74) is 4.27. The molecule has 0 atom stereocenters. The van der Waals surface area contributed by atoms with Gasteiger partial charge in [-0.15, -0.1) is 11.3 Å². The van der Waals surface area contributed by atoms with E-state index < -0.39 is 6.03 Å². The molecule has 1 rings (SSSR count). The molecule has 13 heavy (non-hydrogen) atoms. The van der Waals surface area contributed by atoms with Crippen LogP contribution in [0.5, 0.6) is 0 Å². The first kappa shape index (κ1) is 9.46. The fourth-order valence-corrected chi connectivity index (χ4v) is 1.08. The van der Waals surface area contributed by atoms with Crippen molar-refractivity contribution in [2.24, 2.45) is 0 Å². The summed E-state index contributed by atoms with van der Waals surface area (Å²) in [6.45, 7) is 1.30. The van der Waals surface area contributed by atoms with Crippen LogP contribution in [0.1, 0.15) is 6.92 Å². The Hall–Kier alpha value is -1.63. The standard InChI is InChI=1S/C6H8N4O2S/c1-4(11)9-10-5(12)8-6-7-2-3-13-6/h2-3H,1H3,(H,9,11)(H2,7,8,10,12). The number of aromatic nitrogens is 1. The van der Waals surface area contributed by atoms with Crippen LogP contribution in [0.3, 0.4) is 0 Å². The van der Waals surface area contributed by atoms with E-state index in [0.717, 1.165) is 0 Å². The number of anilines is 1. The van der Waals surface area contributed by atoms with E-state index in [4.69, 9.17) is 0 Å². The average molecular weight is 200 g/mol. The molecule has 0 bridgehead atoms. The van der Waals surface area contributed by atoms with Crippen LogP contribution in [0.15, 0.2) is 11.6 Å². The molecule has 1 heterocycles. The van der Waals surface area contributed by atoms with Gasteiger partial charge in [0.15, 0.2) is 5.13 Å². The summed E-state index contributed by atoms with van der Waals surface area (Å²) in [5, 5.41) is 4.62. The average Bonchev–Trinajstić information content (AvgIpc) is 2.53. The van der Waals surface area contributed by atoms with Crippen LogP contribution in [-0.2, 0) is 4.79 Å². The molecule has 6 nitrogen and oxygen atoms in total. The van der Waals surface area contributed by atoms with Gasteiger partial charge in [-0.2, -0.15) is 0 Å². The quantitative estimate of drug-likeness (QED) is 0.571. The Labute approximate surface area is 78.3 Å². The van der Waals surface area contributed by atoms with Crippen LogP contribution in [0.25, 0.3) is 0 Å². The van der Waals surface area contributed by atoms with E-state index in [1.54, 1.807) is 11.6 Å². The van der Waals surface area contributed by atoms with E-state index in [0.29, 0.717) is 5.13 Å². The summed E-state index contributed by atoms with van der Waals surface area (Å²) in [4.78, 5) is 25.1. The van der Waals surface area contributed by atoms with Crippen molar-refractivity contribution in [3.63, 3.8) is 0 Å². The number of nitrogens with zero attached hydrogens (tertiary/aromatic N) is 1. The van der Waals surface area contributed by atoms with Gasteiger partial charge in [0.1, 0.15) is 0 Å². The first-order valence-corrected chi connectivity index (χ1v) is 4.29. The van der Waals surface area contributed by atoms with Gasteiger partial charge in [0.05, 0.1) is 0 Å². The molecule has 7 heteroatoms. The van der Waals surface area contributed by atoms with Crippen molar-refractivity contribution in [2.45, 2.75) is 6.92 Å². The maximum Gasteiger partial charge on any atom is 0.339 e. The van der Waals surface area contributed by atoms with Gasteiger partial charge >= 0.3 is 6.03 Å². The van der Waals surface area contributed by atoms with E-state index in [9.17, 15) is 9.59 Å². The van der Waals surface area contributed by atoms with Crippen molar-refractivity contribution in [3.05, 3.63) is 11.6 Å². The number of thiazole rings is 1. The van der Waals surface area contributed by atoms with Crippen molar-refractivity contribution in [1.29, 1.82) is 0 Å². The Morgan fingerprint density at radius 2 is 2.23 bits per heavy atom. The monoisotopic (exact) mass is 200 g/mol. The van der Waals surface area contributed by atoms with E-state index in [-0.39, 0.29) is 5.91 Å². The minimum absolute atomic E-state index is 0.339. The van der Waals surface area contributed by atoms with E-state index in [1.165, 1.54) is 18.3 Å². The largest absolute Gasteiger partial charge is 0.339 e. The fourth-order valence-electron chi connectivity index (χ4n) is 0.558. The molecule has 0 spiro atoms. The molecule has 0 saturated carbocycles. The minimum atomic E-state index is -0.523. The summed E-state index contributed by atoms with van der Waals surface area (Å²) in [6.07, 6.45) is 1.57. The zero-order chi connectivity index (χ0) is 9.68. The highest BCUT2D eigenvalue weighted by Gasteiger charge is 2.02. The molecule has 1 aromatic heterocycles. The fraction of sp³-hybridized carbons (Fsp3) is 0.167. The zero-order valence-corrected chi connectivity index (χ0v) is 7.64. The SMILES string of the molecule is CC(=O)NNC(=O)Nc1nccs1. The van der Waals surface area contributed by atoms with Crippen LogP contribution in [0, 0.1) is 0 Å². The summed E-state index contributed by atoms with van der Waals surface area (Å²) in [6, 6.07) is -0.523. The molecule has 70 valence electrons. The Kier molecular flexibility index (Phi) is 3.21. The van der Waals surface area contributed by atoms with Crippen molar-refractivity contribution >= 4 is 28.4 Å². The molecule has 3 N–H and O–H groups in total. The lowest BCUT2D eigenvalue weighted by atomic mass is 10.8.